The summed E-state index contributed by atoms with van der Waals surface area (Å²) in [6.07, 6.45) is 4.17. The number of aromatic nitrogens is 2. The smallest absolute Gasteiger partial charge is 0.306 e. The third-order valence-electron chi connectivity index (χ3n) is 4.94. The zero-order chi connectivity index (χ0) is 17.9. The Bertz CT molecular complexity index is 718. The van der Waals surface area contributed by atoms with Crippen molar-refractivity contribution >= 4 is 5.69 Å². The number of β-amino-alcohol motifs (C(OH)–C–C–N with tert-alkyl or cyclic N) is 1. The highest BCUT2D eigenvalue weighted by Gasteiger charge is 2.33. The molecule has 0 spiro atoms. The molecular formula is C18H24N4O3. The van der Waals surface area contributed by atoms with Crippen LogP contribution in [-0.4, -0.2) is 50.4 Å². The van der Waals surface area contributed by atoms with Gasteiger partial charge in [0, 0.05) is 18.5 Å². The summed E-state index contributed by atoms with van der Waals surface area (Å²) in [6, 6.07) is 10.5. The average molecular weight is 344 g/mol. The summed E-state index contributed by atoms with van der Waals surface area (Å²) in [5.41, 5.74) is 1.36. The molecule has 1 aromatic heterocycles. The Hall–Kier alpha value is -2.25. The van der Waals surface area contributed by atoms with Crippen molar-refractivity contribution in [2.24, 2.45) is 0 Å². The maximum absolute atomic E-state index is 10.7. The Balaban J connectivity index is 1.59. The van der Waals surface area contributed by atoms with Crippen molar-refractivity contribution in [3.63, 3.8) is 0 Å². The van der Waals surface area contributed by atoms with Gasteiger partial charge in [0.2, 0.25) is 0 Å². The molecule has 2 atom stereocenters. The van der Waals surface area contributed by atoms with E-state index in [1.807, 2.05) is 6.07 Å². The molecule has 1 aliphatic heterocycles. The quantitative estimate of drug-likeness (QED) is 0.641. The van der Waals surface area contributed by atoms with Gasteiger partial charge in [-0.15, -0.1) is 0 Å². The van der Waals surface area contributed by atoms with Crippen molar-refractivity contribution in [3.8, 4) is 0 Å². The van der Waals surface area contributed by atoms with E-state index in [1.54, 1.807) is 0 Å². The Morgan fingerprint density at radius 3 is 2.80 bits per heavy atom. The lowest BCUT2D eigenvalue weighted by molar-refractivity contribution is -0.385. The third kappa shape index (κ3) is 4.24. The molecule has 1 N–H and O–H groups in total. The normalized spacial score (nSPS) is 22.6. The van der Waals surface area contributed by atoms with E-state index in [0.717, 1.165) is 25.9 Å². The molecule has 7 heteroatoms. The van der Waals surface area contributed by atoms with Gasteiger partial charge >= 0.3 is 5.69 Å². The first-order valence-corrected chi connectivity index (χ1v) is 8.59. The van der Waals surface area contributed by atoms with Crippen LogP contribution in [0.1, 0.15) is 25.3 Å². The predicted octanol–water partition coefficient (Wildman–Crippen LogP) is 2.21. The largest absolute Gasteiger partial charge is 0.390 e. The highest BCUT2D eigenvalue weighted by molar-refractivity contribution is 5.25. The Morgan fingerprint density at radius 1 is 1.36 bits per heavy atom. The van der Waals surface area contributed by atoms with Crippen molar-refractivity contribution in [1.29, 1.82) is 0 Å². The van der Waals surface area contributed by atoms with Crippen LogP contribution in [0, 0.1) is 10.1 Å². The molecule has 0 aliphatic carbocycles. The summed E-state index contributed by atoms with van der Waals surface area (Å²) in [4.78, 5) is 12.5. The summed E-state index contributed by atoms with van der Waals surface area (Å²) in [5.74, 6) is 0. The molecule has 1 fully saturated rings. The topological polar surface area (TPSA) is 84.4 Å². The Morgan fingerprint density at radius 2 is 2.12 bits per heavy atom. The number of hydrogen-bond donors (Lipinski definition) is 1. The van der Waals surface area contributed by atoms with E-state index in [-0.39, 0.29) is 17.6 Å². The fourth-order valence-electron chi connectivity index (χ4n) is 3.69. The van der Waals surface area contributed by atoms with E-state index in [2.05, 4.69) is 41.2 Å². The maximum Gasteiger partial charge on any atom is 0.306 e. The zero-order valence-corrected chi connectivity index (χ0v) is 14.4. The average Bonchev–Trinajstić information content (AvgIpc) is 3.04. The monoisotopic (exact) mass is 344 g/mol. The van der Waals surface area contributed by atoms with Crippen LogP contribution in [0.15, 0.2) is 42.7 Å². The molecule has 2 unspecified atom stereocenters. The van der Waals surface area contributed by atoms with E-state index in [4.69, 9.17) is 0 Å². The number of rotatable bonds is 6. The number of nitro groups is 1. The molecule has 0 bridgehead atoms. The molecule has 25 heavy (non-hydrogen) atoms. The maximum atomic E-state index is 10.7. The van der Waals surface area contributed by atoms with Crippen LogP contribution < -0.4 is 0 Å². The standard InChI is InChI=1S/C18H24N4O3/c1-18(15-6-3-2-4-7-15)8-5-9-20(14-18)12-17(23)13-21-11-16(10-19-21)22(24)25/h2-4,6-7,10-11,17,23H,5,8-9,12-14H2,1H3. The zero-order valence-electron chi connectivity index (χ0n) is 14.4. The minimum atomic E-state index is -0.613. The van der Waals surface area contributed by atoms with E-state index in [1.165, 1.54) is 22.6 Å². The van der Waals surface area contributed by atoms with Gasteiger partial charge in [-0.1, -0.05) is 37.3 Å². The first kappa shape index (κ1) is 17.6. The predicted molar refractivity (Wildman–Crippen MR) is 94.4 cm³/mol. The van der Waals surface area contributed by atoms with Crippen molar-refractivity contribution in [1.82, 2.24) is 14.7 Å². The van der Waals surface area contributed by atoms with Gasteiger partial charge in [0.25, 0.3) is 0 Å². The Kier molecular flexibility index (Phi) is 5.15. The van der Waals surface area contributed by atoms with Gasteiger partial charge < -0.3 is 5.11 Å². The summed E-state index contributed by atoms with van der Waals surface area (Å²) >= 11 is 0. The van der Waals surface area contributed by atoms with Crippen LogP contribution in [0.3, 0.4) is 0 Å². The molecule has 0 saturated carbocycles. The summed E-state index contributed by atoms with van der Waals surface area (Å²) in [5, 5.41) is 25.0. The number of aliphatic hydroxyl groups is 1. The lowest BCUT2D eigenvalue weighted by Gasteiger charge is -2.41. The molecule has 3 rings (SSSR count). The van der Waals surface area contributed by atoms with Gasteiger partial charge in [0.1, 0.15) is 12.4 Å². The number of nitrogens with zero attached hydrogens (tertiary/aromatic N) is 4. The Labute approximate surface area is 147 Å². The second-order valence-electron chi connectivity index (χ2n) is 7.10. The first-order chi connectivity index (χ1) is 12.0. The van der Waals surface area contributed by atoms with Crippen molar-refractivity contribution in [3.05, 3.63) is 58.4 Å². The number of hydrogen-bond acceptors (Lipinski definition) is 5. The second-order valence-corrected chi connectivity index (χ2v) is 7.10. The van der Waals surface area contributed by atoms with Gasteiger partial charge in [0.05, 0.1) is 17.6 Å². The van der Waals surface area contributed by atoms with Crippen molar-refractivity contribution < 1.29 is 10.0 Å². The van der Waals surface area contributed by atoms with Crippen LogP contribution in [0.5, 0.6) is 0 Å². The van der Waals surface area contributed by atoms with Gasteiger partial charge in [0.15, 0.2) is 0 Å². The van der Waals surface area contributed by atoms with E-state index in [0.29, 0.717) is 6.54 Å². The second kappa shape index (κ2) is 7.33. The minimum Gasteiger partial charge on any atom is -0.390 e. The van der Waals surface area contributed by atoms with Crippen LogP contribution in [0.2, 0.25) is 0 Å². The summed E-state index contributed by atoms with van der Waals surface area (Å²) in [6.45, 7) is 4.92. The molecule has 0 amide bonds. The molecule has 134 valence electrons. The van der Waals surface area contributed by atoms with E-state index < -0.39 is 11.0 Å². The molecule has 2 heterocycles. The van der Waals surface area contributed by atoms with Gasteiger partial charge in [-0.2, -0.15) is 5.10 Å². The summed E-state index contributed by atoms with van der Waals surface area (Å²) < 4.78 is 1.43. The highest BCUT2D eigenvalue weighted by atomic mass is 16.6. The van der Waals surface area contributed by atoms with Gasteiger partial charge in [-0.05, 0) is 24.9 Å². The summed E-state index contributed by atoms with van der Waals surface area (Å²) in [7, 11) is 0. The molecule has 0 radical (unpaired) electrons. The molecule has 2 aromatic rings. The minimum absolute atomic E-state index is 0.0539. The SMILES string of the molecule is CC1(c2ccccc2)CCCN(CC(O)Cn2cc([N+](=O)[O-])cn2)C1. The molecule has 1 saturated heterocycles. The number of benzene rings is 1. The highest BCUT2D eigenvalue weighted by Crippen LogP contribution is 2.33. The lowest BCUT2D eigenvalue weighted by Crippen LogP contribution is -2.47. The number of piperidine rings is 1. The fraction of sp³-hybridized carbons (Fsp3) is 0.500. The molecule has 7 nitrogen and oxygen atoms in total. The number of likely N-dealkylation sites (tertiary alicyclic amines) is 1. The van der Waals surface area contributed by atoms with Crippen molar-refractivity contribution in [2.75, 3.05) is 19.6 Å². The molecular weight excluding hydrogens is 320 g/mol. The van der Waals surface area contributed by atoms with Gasteiger partial charge in [-0.3, -0.25) is 19.7 Å². The van der Waals surface area contributed by atoms with Crippen LogP contribution >= 0.6 is 0 Å². The fourth-order valence-corrected chi connectivity index (χ4v) is 3.69. The van der Waals surface area contributed by atoms with E-state index in [9.17, 15) is 15.2 Å². The third-order valence-corrected chi connectivity index (χ3v) is 4.94. The van der Waals surface area contributed by atoms with Crippen molar-refractivity contribution in [2.45, 2.75) is 37.8 Å². The number of aliphatic hydroxyl groups excluding tert-OH is 1. The first-order valence-electron chi connectivity index (χ1n) is 8.59. The van der Waals surface area contributed by atoms with Crippen LogP contribution in [-0.2, 0) is 12.0 Å². The molecule has 1 aromatic carbocycles. The van der Waals surface area contributed by atoms with Gasteiger partial charge in [-0.25, -0.2) is 0 Å². The molecule has 1 aliphatic rings. The van der Waals surface area contributed by atoms with Crippen LogP contribution in [0.4, 0.5) is 5.69 Å². The van der Waals surface area contributed by atoms with E-state index >= 15 is 0 Å². The lowest BCUT2D eigenvalue weighted by atomic mass is 9.76. The van der Waals surface area contributed by atoms with Crippen LogP contribution in [0.25, 0.3) is 0 Å².